The Hall–Kier alpha value is -7.00. The topological polar surface area (TPSA) is 264 Å². The SMILES string of the molecule is O=C(OCC1OC(n2cnc3c(=S)nc[nH]c32)C(OC(=O)c2ccc([N+](=O)[O-])cc2)C1OC(=O)c1ccc([N+](=O)[O-])cc1)c1ccc([N+](=O)[O-])cc1. The van der Waals surface area contributed by atoms with E-state index in [1.165, 1.54) is 29.4 Å². The van der Waals surface area contributed by atoms with Crippen LogP contribution < -0.4 is 0 Å². The fraction of sp³-hybridized carbons (Fsp3) is 0.161. The van der Waals surface area contributed by atoms with Crippen molar-refractivity contribution in [3.05, 3.63) is 137 Å². The Balaban J connectivity index is 1.36. The summed E-state index contributed by atoms with van der Waals surface area (Å²) in [5.74, 6) is -2.95. The lowest BCUT2D eigenvalue weighted by atomic mass is 10.1. The minimum Gasteiger partial charge on any atom is -0.459 e. The molecule has 3 aromatic carbocycles. The Labute approximate surface area is 294 Å². The number of nitro groups is 3. The zero-order valence-electron chi connectivity index (χ0n) is 26.0. The molecule has 2 aromatic heterocycles. The first-order valence-electron chi connectivity index (χ1n) is 14.8. The number of fused-ring (bicyclic) bond motifs is 1. The van der Waals surface area contributed by atoms with Crippen molar-refractivity contribution in [1.82, 2.24) is 19.5 Å². The molecule has 21 heteroatoms. The van der Waals surface area contributed by atoms with Gasteiger partial charge in [0, 0.05) is 36.4 Å². The summed E-state index contributed by atoms with van der Waals surface area (Å²) in [5, 5.41) is 33.4. The predicted octanol–water partition coefficient (Wildman–Crippen LogP) is 4.42. The van der Waals surface area contributed by atoms with Crippen LogP contribution in [0.5, 0.6) is 0 Å². The molecule has 1 aliphatic heterocycles. The van der Waals surface area contributed by atoms with E-state index in [-0.39, 0.29) is 49.6 Å². The maximum absolute atomic E-state index is 13.5. The number of nitro benzene ring substituents is 3. The van der Waals surface area contributed by atoms with E-state index in [1.807, 2.05) is 0 Å². The van der Waals surface area contributed by atoms with Crippen LogP contribution in [0.15, 0.2) is 85.5 Å². The van der Waals surface area contributed by atoms with Gasteiger partial charge in [0.2, 0.25) is 0 Å². The number of carbonyl (C=O) groups is 3. The van der Waals surface area contributed by atoms with Crippen LogP contribution in [-0.2, 0) is 18.9 Å². The molecule has 1 saturated heterocycles. The molecule has 0 spiro atoms. The van der Waals surface area contributed by atoms with Gasteiger partial charge in [-0.25, -0.2) is 24.4 Å². The van der Waals surface area contributed by atoms with Gasteiger partial charge in [-0.05, 0) is 36.4 Å². The van der Waals surface area contributed by atoms with Gasteiger partial charge in [-0.3, -0.25) is 34.9 Å². The molecule has 3 heterocycles. The Morgan fingerprint density at radius 1 is 0.731 bits per heavy atom. The van der Waals surface area contributed by atoms with Crippen LogP contribution in [0.1, 0.15) is 37.3 Å². The van der Waals surface area contributed by atoms with E-state index in [4.69, 9.17) is 31.2 Å². The van der Waals surface area contributed by atoms with Gasteiger partial charge in [-0.15, -0.1) is 0 Å². The number of nitrogens with one attached hydrogen (secondary N) is 1. The minimum absolute atomic E-state index is 0.0543. The summed E-state index contributed by atoms with van der Waals surface area (Å²) in [6, 6.07) is 13.5. The van der Waals surface area contributed by atoms with Gasteiger partial charge >= 0.3 is 17.9 Å². The number of hydrogen-bond donors (Lipinski definition) is 1. The van der Waals surface area contributed by atoms with Crippen molar-refractivity contribution in [1.29, 1.82) is 0 Å². The van der Waals surface area contributed by atoms with Crippen LogP contribution in [0.25, 0.3) is 11.2 Å². The second kappa shape index (κ2) is 14.5. The lowest BCUT2D eigenvalue weighted by molar-refractivity contribution is -0.385. The van der Waals surface area contributed by atoms with Crippen molar-refractivity contribution in [2.75, 3.05) is 6.61 Å². The molecule has 0 bridgehead atoms. The lowest BCUT2D eigenvalue weighted by Gasteiger charge is -2.25. The van der Waals surface area contributed by atoms with Crippen LogP contribution in [0.3, 0.4) is 0 Å². The first-order valence-corrected chi connectivity index (χ1v) is 15.2. The van der Waals surface area contributed by atoms with Crippen LogP contribution in [-0.4, -0.2) is 77.1 Å². The summed E-state index contributed by atoms with van der Waals surface area (Å²) in [5.41, 5.74) is -0.670. The molecule has 0 amide bonds. The first-order chi connectivity index (χ1) is 24.9. The lowest BCUT2D eigenvalue weighted by Crippen LogP contribution is -2.41. The van der Waals surface area contributed by atoms with Crippen LogP contribution in [0.4, 0.5) is 17.1 Å². The van der Waals surface area contributed by atoms with E-state index in [0.29, 0.717) is 0 Å². The number of aromatic nitrogens is 4. The Morgan fingerprint density at radius 3 is 1.67 bits per heavy atom. The van der Waals surface area contributed by atoms with Crippen molar-refractivity contribution in [3.8, 4) is 0 Å². The molecule has 0 aliphatic carbocycles. The third kappa shape index (κ3) is 7.15. The van der Waals surface area contributed by atoms with Gasteiger partial charge < -0.3 is 23.9 Å². The van der Waals surface area contributed by atoms with Gasteiger partial charge in [0.25, 0.3) is 17.1 Å². The molecule has 0 radical (unpaired) electrons. The zero-order valence-corrected chi connectivity index (χ0v) is 26.8. The number of non-ortho nitro benzene ring substituents is 3. The molecule has 52 heavy (non-hydrogen) atoms. The Morgan fingerprint density at radius 2 is 1.19 bits per heavy atom. The van der Waals surface area contributed by atoms with Crippen molar-refractivity contribution in [3.63, 3.8) is 0 Å². The number of carbonyl (C=O) groups excluding carboxylic acids is 3. The predicted molar refractivity (Wildman–Crippen MR) is 175 cm³/mol. The normalized spacial score (nSPS) is 18.0. The first kappa shape index (κ1) is 34.8. The number of ether oxygens (including phenoxy) is 4. The third-order valence-electron chi connectivity index (χ3n) is 7.75. The number of imidazole rings is 1. The van der Waals surface area contributed by atoms with E-state index in [9.17, 15) is 44.7 Å². The highest BCUT2D eigenvalue weighted by Crippen LogP contribution is 2.37. The van der Waals surface area contributed by atoms with E-state index < -0.39 is 63.8 Å². The monoisotopic (exact) mass is 731 g/mol. The average Bonchev–Trinajstić information content (AvgIpc) is 3.72. The van der Waals surface area contributed by atoms with Crippen LogP contribution in [0, 0.1) is 35.0 Å². The van der Waals surface area contributed by atoms with Crippen molar-refractivity contribution in [2.24, 2.45) is 0 Å². The van der Waals surface area contributed by atoms with Gasteiger partial charge in [-0.2, -0.15) is 0 Å². The number of H-pyrrole nitrogens is 1. The molecule has 4 atom stereocenters. The fourth-order valence-corrected chi connectivity index (χ4v) is 5.38. The van der Waals surface area contributed by atoms with E-state index in [1.54, 1.807) is 0 Å². The van der Waals surface area contributed by atoms with Crippen LogP contribution >= 0.6 is 12.2 Å². The van der Waals surface area contributed by atoms with Crippen LogP contribution in [0.2, 0.25) is 0 Å². The van der Waals surface area contributed by atoms with E-state index in [2.05, 4.69) is 15.0 Å². The molecular formula is C31H21N7O13S. The van der Waals surface area contributed by atoms with Crippen molar-refractivity contribution < 1.29 is 48.1 Å². The number of esters is 3. The smallest absolute Gasteiger partial charge is 0.338 e. The zero-order chi connectivity index (χ0) is 37.1. The standard InChI is InChI=1S/C31H21N7O13S/c39-29(16-1-7-19(8-2-16)36(42)43)48-13-22-24(50-30(40)17-3-9-20(10-4-17)37(44)45)25(51-31(41)18-5-11-21(12-6-18)38(46)47)28(49-22)35-15-34-23-26(35)32-14-33-27(23)52/h1-12,14-15,22,24-25,28H,13H2,(H,32,33,52). The summed E-state index contributed by atoms with van der Waals surface area (Å²) < 4.78 is 24.9. The quantitative estimate of drug-likeness (QED) is 0.0647. The highest BCUT2D eigenvalue weighted by Gasteiger charge is 2.52. The van der Waals surface area contributed by atoms with Gasteiger partial charge in [0.15, 0.2) is 23.1 Å². The molecule has 1 fully saturated rings. The molecule has 264 valence electrons. The molecule has 4 unspecified atom stereocenters. The van der Waals surface area contributed by atoms with Crippen molar-refractivity contribution in [2.45, 2.75) is 24.5 Å². The molecule has 5 aromatic rings. The highest BCUT2D eigenvalue weighted by molar-refractivity contribution is 7.71. The maximum Gasteiger partial charge on any atom is 0.338 e. The fourth-order valence-electron chi connectivity index (χ4n) is 5.18. The molecule has 20 nitrogen and oxygen atoms in total. The minimum atomic E-state index is -1.54. The summed E-state index contributed by atoms with van der Waals surface area (Å²) in [4.78, 5) is 82.5. The second-order valence-electron chi connectivity index (χ2n) is 10.9. The number of benzene rings is 3. The largest absolute Gasteiger partial charge is 0.459 e. The number of hydrogen-bond acceptors (Lipinski definition) is 16. The third-order valence-corrected chi connectivity index (χ3v) is 8.04. The molecule has 6 rings (SSSR count). The summed E-state index contributed by atoms with van der Waals surface area (Å²) >= 11 is 5.27. The number of rotatable bonds is 11. The molecule has 1 aliphatic rings. The van der Waals surface area contributed by atoms with Crippen molar-refractivity contribution >= 4 is 58.4 Å². The Bertz CT molecular complexity index is 2280. The number of aromatic amines is 1. The molecule has 1 N–H and O–H groups in total. The van der Waals surface area contributed by atoms with E-state index in [0.717, 1.165) is 60.7 Å². The maximum atomic E-state index is 13.5. The summed E-state index contributed by atoms with van der Waals surface area (Å²) in [7, 11) is 0. The Kier molecular flexibility index (Phi) is 9.69. The van der Waals surface area contributed by atoms with Gasteiger partial charge in [0.05, 0.1) is 44.1 Å². The van der Waals surface area contributed by atoms with Gasteiger partial charge in [-0.1, -0.05) is 12.2 Å². The summed E-state index contributed by atoms with van der Waals surface area (Å²) in [6.07, 6.45) is -3.20. The summed E-state index contributed by atoms with van der Waals surface area (Å²) in [6.45, 7) is -0.611. The molecule has 0 saturated carbocycles. The van der Waals surface area contributed by atoms with E-state index >= 15 is 0 Å². The second-order valence-corrected chi connectivity index (χ2v) is 11.3. The highest BCUT2D eigenvalue weighted by atomic mass is 32.1. The number of nitrogens with zero attached hydrogens (tertiary/aromatic N) is 6. The van der Waals surface area contributed by atoms with Gasteiger partial charge in [0.1, 0.15) is 23.9 Å². The average molecular weight is 732 g/mol. The molecular weight excluding hydrogens is 710 g/mol.